The third-order valence-corrected chi connectivity index (χ3v) is 6.58. The maximum atomic E-state index is 12.8. The number of hydrogen-bond acceptors (Lipinski definition) is 7. The molecular weight excluding hydrogens is 450 g/mol. The van der Waals surface area contributed by atoms with Crippen LogP contribution >= 0.6 is 11.3 Å². The number of para-hydroxylation sites is 1. The molecule has 34 heavy (non-hydrogen) atoms. The highest BCUT2D eigenvalue weighted by Crippen LogP contribution is 2.43. The average Bonchev–Trinajstić information content (AvgIpc) is 3.52. The molecule has 0 spiro atoms. The summed E-state index contributed by atoms with van der Waals surface area (Å²) in [5.41, 5.74) is 2.66. The minimum absolute atomic E-state index is 0.251. The van der Waals surface area contributed by atoms with Crippen LogP contribution in [0.25, 0.3) is 0 Å². The summed E-state index contributed by atoms with van der Waals surface area (Å²) < 4.78 is 16.6. The molecule has 3 heterocycles. The van der Waals surface area contributed by atoms with E-state index in [1.165, 1.54) is 17.6 Å². The Balaban J connectivity index is 1.84. The highest BCUT2D eigenvalue weighted by Gasteiger charge is 2.27. The molecule has 0 bridgehead atoms. The number of rotatable bonds is 9. The third kappa shape index (κ3) is 4.92. The smallest absolute Gasteiger partial charge is 0.291 e. The number of benzene rings is 1. The quantitative estimate of drug-likeness (QED) is 0.304. The number of aromatic nitrogens is 1. The monoisotopic (exact) mass is 477 g/mol. The molecular formula is C26H27N3O4S. The van der Waals surface area contributed by atoms with Gasteiger partial charge in [-0.3, -0.25) is 4.79 Å². The van der Waals surface area contributed by atoms with Crippen LogP contribution in [0, 0.1) is 6.92 Å². The second kappa shape index (κ2) is 10.4. The largest absolute Gasteiger partial charge is 0.493 e. The Hall–Kier alpha value is -3.78. The van der Waals surface area contributed by atoms with Crippen LogP contribution in [0.3, 0.4) is 0 Å². The molecule has 0 fully saturated rings. The van der Waals surface area contributed by atoms with Gasteiger partial charge in [-0.25, -0.2) is 4.98 Å². The molecule has 176 valence electrons. The molecule has 4 aromatic rings. The second-order valence-electron chi connectivity index (χ2n) is 7.61. The van der Waals surface area contributed by atoms with E-state index < -0.39 is 0 Å². The van der Waals surface area contributed by atoms with Gasteiger partial charge in [0.2, 0.25) is 0 Å². The number of hydrogen-bond donors (Lipinski definition) is 2. The van der Waals surface area contributed by atoms with Gasteiger partial charge in [0.15, 0.2) is 17.3 Å². The normalized spacial score (nSPS) is 11.6. The molecule has 2 N–H and O–H groups in total. The van der Waals surface area contributed by atoms with Gasteiger partial charge in [-0.05, 0) is 49.7 Å². The van der Waals surface area contributed by atoms with E-state index in [0.29, 0.717) is 17.3 Å². The molecule has 8 heteroatoms. The molecule has 3 aromatic heterocycles. The van der Waals surface area contributed by atoms with E-state index in [0.717, 1.165) is 33.1 Å². The highest BCUT2D eigenvalue weighted by molar-refractivity contribution is 7.16. The van der Waals surface area contributed by atoms with Crippen LogP contribution in [0.5, 0.6) is 11.5 Å². The van der Waals surface area contributed by atoms with E-state index in [1.54, 1.807) is 26.4 Å². The Morgan fingerprint density at radius 2 is 1.91 bits per heavy atom. The zero-order valence-electron chi connectivity index (χ0n) is 19.5. The van der Waals surface area contributed by atoms with Gasteiger partial charge in [0.25, 0.3) is 5.91 Å². The van der Waals surface area contributed by atoms with Gasteiger partial charge in [0.05, 0.1) is 26.5 Å². The van der Waals surface area contributed by atoms with Crippen LogP contribution in [-0.2, 0) is 6.42 Å². The molecule has 0 aliphatic rings. The zero-order chi connectivity index (χ0) is 24.1. The number of nitrogens with zero attached hydrogens (tertiary/aromatic N) is 1. The number of amides is 1. The van der Waals surface area contributed by atoms with Gasteiger partial charge in [-0.15, -0.1) is 11.3 Å². The first kappa shape index (κ1) is 23.4. The standard InChI is InChI=1S/C26H27N3O4S/c1-5-17-15-19(26(34-17)29-25(30)21-12-8-14-33-21)23(28-22-13-6-9-16(2)27-22)18-10-7-11-20(31-3)24(18)32-4/h6-15,23H,5H2,1-4H3,(H,27,28)(H,29,30). The number of pyridine rings is 1. The Labute approximate surface area is 202 Å². The molecule has 1 amide bonds. The van der Waals surface area contributed by atoms with E-state index in [4.69, 9.17) is 13.9 Å². The average molecular weight is 478 g/mol. The molecule has 1 atom stereocenters. The van der Waals surface area contributed by atoms with Crippen molar-refractivity contribution in [3.63, 3.8) is 0 Å². The second-order valence-corrected chi connectivity index (χ2v) is 8.74. The van der Waals surface area contributed by atoms with Crippen molar-refractivity contribution < 1.29 is 18.7 Å². The van der Waals surface area contributed by atoms with Crippen molar-refractivity contribution >= 4 is 28.1 Å². The third-order valence-electron chi connectivity index (χ3n) is 5.37. The molecule has 1 aromatic carbocycles. The van der Waals surface area contributed by atoms with Crippen molar-refractivity contribution in [2.45, 2.75) is 26.3 Å². The van der Waals surface area contributed by atoms with Crippen LogP contribution in [0.4, 0.5) is 10.8 Å². The SMILES string of the molecule is CCc1cc(C(Nc2cccc(C)n2)c2cccc(OC)c2OC)c(NC(=O)c2ccco2)s1. The van der Waals surface area contributed by atoms with Gasteiger partial charge in [-0.2, -0.15) is 0 Å². The Bertz CT molecular complexity index is 1270. The maximum Gasteiger partial charge on any atom is 0.291 e. The number of nitrogens with one attached hydrogen (secondary N) is 2. The molecule has 4 rings (SSSR count). The van der Waals surface area contributed by atoms with Crippen molar-refractivity contribution in [3.8, 4) is 11.5 Å². The van der Waals surface area contributed by atoms with Gasteiger partial charge < -0.3 is 24.5 Å². The van der Waals surface area contributed by atoms with Crippen LogP contribution in [0.1, 0.15) is 45.2 Å². The lowest BCUT2D eigenvalue weighted by Gasteiger charge is -2.24. The lowest BCUT2D eigenvalue weighted by atomic mass is 9.98. The van der Waals surface area contributed by atoms with Crippen molar-refractivity contribution in [1.29, 1.82) is 0 Å². The number of furan rings is 1. The molecule has 0 aliphatic heterocycles. The van der Waals surface area contributed by atoms with Crippen LogP contribution < -0.4 is 20.1 Å². The molecule has 0 radical (unpaired) electrons. The van der Waals surface area contributed by atoms with Gasteiger partial charge in [0.1, 0.15) is 10.8 Å². The van der Waals surface area contributed by atoms with Crippen molar-refractivity contribution in [1.82, 2.24) is 4.98 Å². The fraction of sp³-hybridized carbons (Fsp3) is 0.231. The summed E-state index contributed by atoms with van der Waals surface area (Å²) in [6.07, 6.45) is 2.32. The number of carbonyl (C=O) groups is 1. The van der Waals surface area contributed by atoms with E-state index in [1.807, 2.05) is 43.3 Å². The number of aryl methyl sites for hydroxylation is 2. The zero-order valence-corrected chi connectivity index (χ0v) is 20.4. The number of ether oxygens (including phenoxy) is 2. The van der Waals surface area contributed by atoms with E-state index in [-0.39, 0.29) is 17.7 Å². The summed E-state index contributed by atoms with van der Waals surface area (Å²) >= 11 is 1.54. The Morgan fingerprint density at radius 1 is 1.09 bits per heavy atom. The lowest BCUT2D eigenvalue weighted by Crippen LogP contribution is -2.17. The Kier molecular flexibility index (Phi) is 7.18. The van der Waals surface area contributed by atoms with Crippen molar-refractivity contribution in [3.05, 3.63) is 88.3 Å². The number of anilines is 2. The fourth-order valence-electron chi connectivity index (χ4n) is 3.75. The number of carbonyl (C=O) groups excluding carboxylic acids is 1. The lowest BCUT2D eigenvalue weighted by molar-refractivity contribution is 0.0997. The first-order chi connectivity index (χ1) is 16.5. The summed E-state index contributed by atoms with van der Waals surface area (Å²) in [6, 6.07) is 16.6. The molecule has 7 nitrogen and oxygen atoms in total. The molecule has 0 saturated heterocycles. The summed E-state index contributed by atoms with van der Waals surface area (Å²) in [5.74, 6) is 1.89. The van der Waals surface area contributed by atoms with Crippen molar-refractivity contribution in [2.75, 3.05) is 24.9 Å². The van der Waals surface area contributed by atoms with E-state index in [2.05, 4.69) is 28.6 Å². The maximum absolute atomic E-state index is 12.8. The van der Waals surface area contributed by atoms with Gasteiger partial charge >= 0.3 is 0 Å². The molecule has 1 unspecified atom stereocenters. The minimum Gasteiger partial charge on any atom is -0.493 e. The highest BCUT2D eigenvalue weighted by atomic mass is 32.1. The van der Waals surface area contributed by atoms with E-state index in [9.17, 15) is 4.79 Å². The molecule has 0 aliphatic carbocycles. The van der Waals surface area contributed by atoms with Gasteiger partial charge in [0, 0.05) is 21.7 Å². The summed E-state index contributed by atoms with van der Waals surface area (Å²) in [7, 11) is 3.23. The first-order valence-corrected chi connectivity index (χ1v) is 11.7. The predicted molar refractivity (Wildman–Crippen MR) is 134 cm³/mol. The van der Waals surface area contributed by atoms with Crippen molar-refractivity contribution in [2.24, 2.45) is 0 Å². The van der Waals surface area contributed by atoms with Crippen LogP contribution in [-0.4, -0.2) is 25.1 Å². The summed E-state index contributed by atoms with van der Waals surface area (Å²) in [4.78, 5) is 18.6. The topological polar surface area (TPSA) is 85.6 Å². The number of methoxy groups -OCH3 is 2. The predicted octanol–water partition coefficient (Wildman–Crippen LogP) is 6.08. The van der Waals surface area contributed by atoms with Crippen LogP contribution in [0.2, 0.25) is 0 Å². The van der Waals surface area contributed by atoms with Crippen LogP contribution in [0.15, 0.2) is 65.3 Å². The Morgan fingerprint density at radius 3 is 2.59 bits per heavy atom. The molecule has 0 saturated carbocycles. The number of thiophene rings is 1. The minimum atomic E-state index is -0.372. The fourth-order valence-corrected chi connectivity index (χ4v) is 4.78. The first-order valence-electron chi connectivity index (χ1n) is 10.9. The summed E-state index contributed by atoms with van der Waals surface area (Å²) in [5, 5.41) is 7.31. The van der Waals surface area contributed by atoms with Gasteiger partial charge in [-0.1, -0.05) is 25.1 Å². The van der Waals surface area contributed by atoms with E-state index >= 15 is 0 Å². The summed E-state index contributed by atoms with van der Waals surface area (Å²) in [6.45, 7) is 4.03.